The summed E-state index contributed by atoms with van der Waals surface area (Å²) in [7, 11) is 0. The molecule has 0 bridgehead atoms. The van der Waals surface area contributed by atoms with Gasteiger partial charge in [0, 0.05) is 19.0 Å². The molecule has 2 aromatic carbocycles. The number of benzene rings is 2. The van der Waals surface area contributed by atoms with Crippen LogP contribution in [0.3, 0.4) is 0 Å². The third-order valence-corrected chi connectivity index (χ3v) is 5.54. The van der Waals surface area contributed by atoms with Crippen LogP contribution in [0.2, 0.25) is 0 Å². The van der Waals surface area contributed by atoms with E-state index in [4.69, 9.17) is 16.2 Å². The number of nitrogen functional groups attached to an aromatic ring is 1. The van der Waals surface area contributed by atoms with Crippen molar-refractivity contribution in [1.29, 1.82) is 0 Å². The van der Waals surface area contributed by atoms with Crippen LogP contribution >= 0.6 is 0 Å². The molecule has 2 heterocycles. The first kappa shape index (κ1) is 21.3. The van der Waals surface area contributed by atoms with E-state index in [9.17, 15) is 9.59 Å². The molecule has 32 heavy (non-hydrogen) atoms. The van der Waals surface area contributed by atoms with Gasteiger partial charge in [-0.3, -0.25) is 4.79 Å². The molecule has 0 atom stereocenters. The molecule has 8 nitrogen and oxygen atoms in total. The number of nitrogens with zero attached hydrogens (tertiary/aromatic N) is 3. The third-order valence-electron chi connectivity index (χ3n) is 5.54. The summed E-state index contributed by atoms with van der Waals surface area (Å²) in [5.41, 5.74) is 16.0. The highest BCUT2D eigenvalue weighted by Gasteiger charge is 2.21. The molecular weight excluding hydrogens is 406 g/mol. The second kappa shape index (κ2) is 8.66. The Balaban J connectivity index is 1.75. The molecule has 0 aliphatic carbocycles. The first-order chi connectivity index (χ1) is 15.3. The molecule has 1 aromatic heterocycles. The Labute approximate surface area is 185 Å². The van der Waals surface area contributed by atoms with Gasteiger partial charge in [-0.15, -0.1) is 0 Å². The number of rotatable bonds is 4. The maximum atomic E-state index is 12.3. The average molecular weight is 431 g/mol. The zero-order valence-electron chi connectivity index (χ0n) is 18.0. The van der Waals surface area contributed by atoms with Crippen LogP contribution in [0.1, 0.15) is 25.8 Å². The second-order valence-corrected chi connectivity index (χ2v) is 8.04. The first-order valence-electron chi connectivity index (χ1n) is 10.4. The number of nitrogens with two attached hydrogens (primary N) is 2. The van der Waals surface area contributed by atoms with Crippen LogP contribution < -0.4 is 16.2 Å². The molecule has 4 N–H and O–H groups in total. The summed E-state index contributed by atoms with van der Waals surface area (Å²) >= 11 is 0. The Morgan fingerprint density at radius 2 is 1.84 bits per heavy atom. The molecule has 4 rings (SSSR count). The van der Waals surface area contributed by atoms with Crippen LogP contribution in [0.15, 0.2) is 48.8 Å². The number of carbonyl (C=O) groups is 2. The minimum atomic E-state index is -0.864. The lowest BCUT2D eigenvalue weighted by atomic mass is 9.92. The van der Waals surface area contributed by atoms with E-state index >= 15 is 0 Å². The quantitative estimate of drug-likeness (QED) is 0.650. The molecule has 3 aromatic rings. The number of amides is 2. The lowest BCUT2D eigenvalue weighted by Gasteiger charge is -2.28. The summed E-state index contributed by atoms with van der Waals surface area (Å²) in [6.45, 7) is 5.11. The lowest BCUT2D eigenvalue weighted by molar-refractivity contribution is -0.134. The van der Waals surface area contributed by atoms with Gasteiger partial charge in [0.15, 0.2) is 0 Å². The van der Waals surface area contributed by atoms with E-state index in [0.29, 0.717) is 24.7 Å². The summed E-state index contributed by atoms with van der Waals surface area (Å²) in [5.74, 6) is 0.896. The molecule has 0 fully saturated rings. The van der Waals surface area contributed by atoms with Crippen LogP contribution in [0.4, 0.5) is 10.6 Å². The van der Waals surface area contributed by atoms with Crippen molar-refractivity contribution >= 4 is 34.3 Å². The van der Waals surface area contributed by atoms with Crippen LogP contribution in [0, 0.1) is 5.92 Å². The Bertz CT molecular complexity index is 1220. The van der Waals surface area contributed by atoms with Crippen molar-refractivity contribution in [3.8, 4) is 16.9 Å². The SMILES string of the molecule is CC(C)C(=O)N1CC=C(c2cc(-c3ccc(OC(N)=O)cc3)c3c(N)ncnc3c2)CC1. The van der Waals surface area contributed by atoms with Gasteiger partial charge in [-0.25, -0.2) is 14.8 Å². The van der Waals surface area contributed by atoms with Gasteiger partial charge in [-0.1, -0.05) is 32.1 Å². The fourth-order valence-corrected chi connectivity index (χ4v) is 3.94. The van der Waals surface area contributed by atoms with E-state index in [0.717, 1.165) is 39.6 Å². The van der Waals surface area contributed by atoms with Crippen LogP contribution in [0.5, 0.6) is 5.75 Å². The standard InChI is InChI=1S/C24H25N5O3/c1-14(2)23(30)29-9-7-15(8-10-29)17-11-19(21-20(12-17)27-13-28-22(21)25)16-3-5-18(6-4-16)32-24(26)31/h3-7,11-14H,8-10H2,1-2H3,(H2,26,31)(H2,25,27,28). The highest BCUT2D eigenvalue weighted by atomic mass is 16.5. The van der Waals surface area contributed by atoms with Crippen molar-refractivity contribution in [2.45, 2.75) is 20.3 Å². The van der Waals surface area contributed by atoms with E-state index in [1.165, 1.54) is 6.33 Å². The number of primary amides is 1. The molecule has 0 unspecified atom stereocenters. The van der Waals surface area contributed by atoms with Gasteiger partial charge >= 0.3 is 6.09 Å². The predicted octanol–water partition coefficient (Wildman–Crippen LogP) is 3.61. The molecule has 1 aliphatic heterocycles. The molecule has 0 radical (unpaired) electrons. The number of anilines is 1. The van der Waals surface area contributed by atoms with Gasteiger partial charge in [0.1, 0.15) is 17.9 Å². The zero-order valence-corrected chi connectivity index (χ0v) is 18.0. The van der Waals surface area contributed by atoms with Crippen molar-refractivity contribution in [3.05, 3.63) is 54.4 Å². The Morgan fingerprint density at radius 1 is 1.09 bits per heavy atom. The van der Waals surface area contributed by atoms with Crippen molar-refractivity contribution in [3.63, 3.8) is 0 Å². The van der Waals surface area contributed by atoms with E-state index in [2.05, 4.69) is 22.1 Å². The van der Waals surface area contributed by atoms with E-state index in [-0.39, 0.29) is 11.8 Å². The molecule has 0 saturated carbocycles. The fourth-order valence-electron chi connectivity index (χ4n) is 3.94. The van der Waals surface area contributed by atoms with Gasteiger partial charge in [0.25, 0.3) is 0 Å². The number of fused-ring (bicyclic) bond motifs is 1. The Kier molecular flexibility index (Phi) is 5.77. The van der Waals surface area contributed by atoms with Gasteiger partial charge in [-0.05, 0) is 52.9 Å². The summed E-state index contributed by atoms with van der Waals surface area (Å²) in [6.07, 6.45) is 3.45. The van der Waals surface area contributed by atoms with E-state index < -0.39 is 6.09 Å². The molecule has 1 aliphatic rings. The molecule has 8 heteroatoms. The normalized spacial score (nSPS) is 13.8. The maximum absolute atomic E-state index is 12.3. The number of hydrogen-bond donors (Lipinski definition) is 2. The van der Waals surface area contributed by atoms with Crippen molar-refractivity contribution in [2.24, 2.45) is 11.7 Å². The Hall–Kier alpha value is -3.94. The average Bonchev–Trinajstić information content (AvgIpc) is 2.78. The lowest BCUT2D eigenvalue weighted by Crippen LogP contribution is -2.37. The molecule has 164 valence electrons. The van der Waals surface area contributed by atoms with Crippen LogP contribution in [0.25, 0.3) is 27.6 Å². The molecular formula is C24H25N5O3. The summed E-state index contributed by atoms with van der Waals surface area (Å²) < 4.78 is 4.93. The van der Waals surface area contributed by atoms with Gasteiger partial charge in [0.05, 0.1) is 10.9 Å². The highest BCUT2D eigenvalue weighted by molar-refractivity contribution is 6.03. The minimum Gasteiger partial charge on any atom is -0.411 e. The minimum absolute atomic E-state index is 0.0154. The van der Waals surface area contributed by atoms with Crippen molar-refractivity contribution in [2.75, 3.05) is 18.8 Å². The largest absolute Gasteiger partial charge is 0.411 e. The highest BCUT2D eigenvalue weighted by Crippen LogP contribution is 2.36. The van der Waals surface area contributed by atoms with Gasteiger partial charge in [0.2, 0.25) is 5.91 Å². The topological polar surface area (TPSA) is 124 Å². The van der Waals surface area contributed by atoms with Gasteiger partial charge in [-0.2, -0.15) is 0 Å². The Morgan fingerprint density at radius 3 is 2.47 bits per heavy atom. The molecule has 0 saturated heterocycles. The monoisotopic (exact) mass is 431 g/mol. The molecule has 2 amide bonds. The van der Waals surface area contributed by atoms with Crippen LogP contribution in [-0.2, 0) is 4.79 Å². The summed E-state index contributed by atoms with van der Waals surface area (Å²) in [4.78, 5) is 33.8. The predicted molar refractivity (Wildman–Crippen MR) is 124 cm³/mol. The maximum Gasteiger partial charge on any atom is 0.409 e. The van der Waals surface area contributed by atoms with E-state index in [1.54, 1.807) is 12.1 Å². The first-order valence-corrected chi connectivity index (χ1v) is 10.4. The van der Waals surface area contributed by atoms with Crippen molar-refractivity contribution in [1.82, 2.24) is 14.9 Å². The second-order valence-electron chi connectivity index (χ2n) is 8.04. The number of hydrogen-bond acceptors (Lipinski definition) is 6. The number of ether oxygens (including phenoxy) is 1. The van der Waals surface area contributed by atoms with Crippen molar-refractivity contribution < 1.29 is 14.3 Å². The smallest absolute Gasteiger partial charge is 0.409 e. The number of aromatic nitrogens is 2. The third kappa shape index (κ3) is 4.25. The summed E-state index contributed by atoms with van der Waals surface area (Å²) in [6, 6.07) is 11.1. The fraction of sp³-hybridized carbons (Fsp3) is 0.250. The zero-order chi connectivity index (χ0) is 22.8. The number of carbonyl (C=O) groups excluding carboxylic acids is 2. The van der Waals surface area contributed by atoms with Gasteiger partial charge < -0.3 is 21.1 Å². The molecule has 0 spiro atoms. The van der Waals surface area contributed by atoms with Crippen LogP contribution in [-0.4, -0.2) is 40.0 Å². The van der Waals surface area contributed by atoms with E-state index in [1.807, 2.05) is 36.9 Å². The summed E-state index contributed by atoms with van der Waals surface area (Å²) in [5, 5.41) is 0.757.